The van der Waals surface area contributed by atoms with Crippen LogP contribution >= 0.6 is 0 Å². The number of carbonyl (C=O) groups excluding carboxylic acids is 1. The third-order valence-corrected chi connectivity index (χ3v) is 1.83. The van der Waals surface area contributed by atoms with E-state index in [1.807, 2.05) is 0 Å². The fourth-order valence-electron chi connectivity index (χ4n) is 1.05. The van der Waals surface area contributed by atoms with E-state index in [0.717, 1.165) is 0 Å². The number of aromatic hydroxyl groups is 2. The zero-order valence-electron chi connectivity index (χ0n) is 8.30. The molecule has 1 rings (SSSR count). The Hall–Kier alpha value is -2.24. The molecule has 0 aliphatic rings. The monoisotopic (exact) mass is 225 g/mol. The van der Waals surface area contributed by atoms with Crippen molar-refractivity contribution in [1.82, 2.24) is 0 Å². The van der Waals surface area contributed by atoms with Gasteiger partial charge in [0, 0.05) is 18.2 Å². The second kappa shape index (κ2) is 5.01. The molecule has 0 saturated heterocycles. The van der Waals surface area contributed by atoms with Crippen LogP contribution in [0.15, 0.2) is 18.2 Å². The maximum Gasteiger partial charge on any atom is 0.303 e. The molecule has 0 aliphatic carbocycles. The highest BCUT2D eigenvalue weighted by atomic mass is 16.4. The number of aliphatic carboxylic acids is 1. The third kappa shape index (κ3) is 3.49. The van der Waals surface area contributed by atoms with Gasteiger partial charge in [0.25, 0.3) is 0 Å². The lowest BCUT2D eigenvalue weighted by Crippen LogP contribution is -2.12. The third-order valence-electron chi connectivity index (χ3n) is 1.83. The van der Waals surface area contributed by atoms with Crippen LogP contribution in [-0.4, -0.2) is 27.2 Å². The lowest BCUT2D eigenvalue weighted by Gasteiger charge is -2.05. The minimum atomic E-state index is -1.05. The highest BCUT2D eigenvalue weighted by Crippen LogP contribution is 2.27. The molecule has 0 heterocycles. The number of nitrogens with one attached hydrogen (secondary N) is 1. The molecular formula is C10H11NO5. The molecule has 0 spiro atoms. The van der Waals surface area contributed by atoms with Crippen molar-refractivity contribution < 1.29 is 24.9 Å². The average Bonchev–Trinajstić information content (AvgIpc) is 2.21. The van der Waals surface area contributed by atoms with Gasteiger partial charge >= 0.3 is 5.97 Å². The maximum atomic E-state index is 11.2. The standard InChI is InChI=1S/C10H11NO5/c12-7-2-1-6(5-8(7)13)11-9(14)3-4-10(15)16/h1-2,5,12-13H,3-4H2,(H,11,14)(H,15,16). The number of phenolic OH excluding ortho intramolecular Hbond substituents is 2. The number of hydrogen-bond acceptors (Lipinski definition) is 4. The summed E-state index contributed by atoms with van der Waals surface area (Å²) in [5, 5.41) is 28.9. The van der Waals surface area contributed by atoms with Crippen molar-refractivity contribution in [3.8, 4) is 11.5 Å². The molecule has 1 aromatic carbocycles. The summed E-state index contributed by atoms with van der Waals surface area (Å²) in [5.74, 6) is -2.16. The van der Waals surface area contributed by atoms with Crippen LogP contribution in [0.3, 0.4) is 0 Å². The minimum Gasteiger partial charge on any atom is -0.504 e. The Bertz CT molecular complexity index is 416. The molecule has 86 valence electrons. The van der Waals surface area contributed by atoms with Gasteiger partial charge in [0.15, 0.2) is 11.5 Å². The topological polar surface area (TPSA) is 107 Å². The molecule has 0 radical (unpaired) electrons. The van der Waals surface area contributed by atoms with Gasteiger partial charge in [-0.1, -0.05) is 0 Å². The van der Waals surface area contributed by atoms with E-state index >= 15 is 0 Å². The van der Waals surface area contributed by atoms with Crippen LogP contribution in [0.25, 0.3) is 0 Å². The first-order valence-electron chi connectivity index (χ1n) is 4.52. The Morgan fingerprint density at radius 3 is 2.38 bits per heavy atom. The minimum absolute atomic E-state index is 0.142. The van der Waals surface area contributed by atoms with Crippen molar-refractivity contribution in [2.24, 2.45) is 0 Å². The van der Waals surface area contributed by atoms with Crippen molar-refractivity contribution in [3.63, 3.8) is 0 Å². The summed E-state index contributed by atoms with van der Waals surface area (Å²) in [7, 11) is 0. The van der Waals surface area contributed by atoms with Crippen molar-refractivity contribution in [2.45, 2.75) is 12.8 Å². The Morgan fingerprint density at radius 1 is 1.12 bits per heavy atom. The first-order valence-corrected chi connectivity index (χ1v) is 4.52. The molecule has 6 heteroatoms. The Morgan fingerprint density at radius 2 is 1.81 bits per heavy atom. The maximum absolute atomic E-state index is 11.2. The summed E-state index contributed by atoms with van der Waals surface area (Å²) in [6.45, 7) is 0. The highest BCUT2D eigenvalue weighted by molar-refractivity contribution is 5.92. The van der Waals surface area contributed by atoms with E-state index < -0.39 is 11.9 Å². The van der Waals surface area contributed by atoms with E-state index in [1.165, 1.54) is 18.2 Å². The number of rotatable bonds is 4. The summed E-state index contributed by atoms with van der Waals surface area (Å²) in [6.07, 6.45) is -0.396. The van der Waals surface area contributed by atoms with Gasteiger partial charge in [0.05, 0.1) is 6.42 Å². The number of carbonyl (C=O) groups is 2. The Kier molecular flexibility index (Phi) is 3.71. The largest absolute Gasteiger partial charge is 0.504 e. The molecule has 0 aromatic heterocycles. The van der Waals surface area contributed by atoms with Crippen molar-refractivity contribution in [1.29, 1.82) is 0 Å². The molecule has 6 nitrogen and oxygen atoms in total. The van der Waals surface area contributed by atoms with Gasteiger partial charge < -0.3 is 20.6 Å². The predicted molar refractivity (Wildman–Crippen MR) is 55.3 cm³/mol. The van der Waals surface area contributed by atoms with Crippen LogP contribution in [0.1, 0.15) is 12.8 Å². The van der Waals surface area contributed by atoms with E-state index in [4.69, 9.17) is 15.3 Å². The number of phenols is 2. The Balaban J connectivity index is 2.56. The summed E-state index contributed by atoms with van der Waals surface area (Å²) in [5.41, 5.74) is 0.297. The molecule has 0 bridgehead atoms. The first kappa shape index (κ1) is 11.8. The normalized spacial score (nSPS) is 9.75. The van der Waals surface area contributed by atoms with E-state index in [9.17, 15) is 9.59 Å². The molecule has 0 unspecified atom stereocenters. The number of carboxylic acid groups (broad SMARTS) is 1. The number of carboxylic acids is 1. The zero-order chi connectivity index (χ0) is 12.1. The van der Waals surface area contributed by atoms with E-state index in [0.29, 0.717) is 5.69 Å². The second-order valence-corrected chi connectivity index (χ2v) is 3.15. The smallest absolute Gasteiger partial charge is 0.303 e. The first-order chi connectivity index (χ1) is 7.49. The highest BCUT2D eigenvalue weighted by Gasteiger charge is 2.07. The van der Waals surface area contributed by atoms with Gasteiger partial charge in [-0.05, 0) is 12.1 Å². The van der Waals surface area contributed by atoms with Crippen LogP contribution in [0.5, 0.6) is 11.5 Å². The molecule has 1 amide bonds. The number of hydrogen-bond donors (Lipinski definition) is 4. The fourth-order valence-corrected chi connectivity index (χ4v) is 1.05. The lowest BCUT2D eigenvalue weighted by atomic mass is 10.2. The molecule has 1 aromatic rings. The van der Waals surface area contributed by atoms with Gasteiger partial charge in [-0.3, -0.25) is 9.59 Å². The van der Waals surface area contributed by atoms with Gasteiger partial charge in [-0.2, -0.15) is 0 Å². The number of anilines is 1. The number of benzene rings is 1. The number of amides is 1. The second-order valence-electron chi connectivity index (χ2n) is 3.15. The van der Waals surface area contributed by atoms with Gasteiger partial charge in [0.2, 0.25) is 5.91 Å². The molecular weight excluding hydrogens is 214 g/mol. The lowest BCUT2D eigenvalue weighted by molar-refractivity contribution is -0.138. The van der Waals surface area contributed by atoms with Crippen LogP contribution in [-0.2, 0) is 9.59 Å². The van der Waals surface area contributed by atoms with Crippen LogP contribution in [0.2, 0.25) is 0 Å². The van der Waals surface area contributed by atoms with Crippen LogP contribution < -0.4 is 5.32 Å². The van der Waals surface area contributed by atoms with Crippen molar-refractivity contribution in [3.05, 3.63) is 18.2 Å². The quantitative estimate of drug-likeness (QED) is 0.450. The van der Waals surface area contributed by atoms with E-state index in [-0.39, 0.29) is 24.3 Å². The van der Waals surface area contributed by atoms with E-state index in [1.54, 1.807) is 0 Å². The molecule has 16 heavy (non-hydrogen) atoms. The Labute approximate surface area is 91.1 Å². The zero-order valence-corrected chi connectivity index (χ0v) is 8.30. The SMILES string of the molecule is O=C(O)CCC(=O)Nc1ccc(O)c(O)c1. The summed E-state index contributed by atoms with van der Waals surface area (Å²) in [4.78, 5) is 21.4. The molecule has 0 saturated carbocycles. The van der Waals surface area contributed by atoms with Crippen LogP contribution in [0, 0.1) is 0 Å². The summed E-state index contributed by atoms with van der Waals surface area (Å²) < 4.78 is 0. The average molecular weight is 225 g/mol. The van der Waals surface area contributed by atoms with Gasteiger partial charge in [-0.25, -0.2) is 0 Å². The summed E-state index contributed by atoms with van der Waals surface area (Å²) >= 11 is 0. The molecule has 4 N–H and O–H groups in total. The van der Waals surface area contributed by atoms with Crippen LogP contribution in [0.4, 0.5) is 5.69 Å². The fraction of sp³-hybridized carbons (Fsp3) is 0.200. The van der Waals surface area contributed by atoms with Crippen molar-refractivity contribution >= 4 is 17.6 Å². The molecule has 0 atom stereocenters. The van der Waals surface area contributed by atoms with E-state index in [2.05, 4.69) is 5.32 Å². The van der Waals surface area contributed by atoms with Gasteiger partial charge in [-0.15, -0.1) is 0 Å². The van der Waals surface area contributed by atoms with Gasteiger partial charge in [0.1, 0.15) is 0 Å². The molecule has 0 fully saturated rings. The summed E-state index contributed by atoms with van der Waals surface area (Å²) in [6, 6.07) is 3.80. The van der Waals surface area contributed by atoms with Crippen molar-refractivity contribution in [2.75, 3.05) is 5.32 Å². The predicted octanol–water partition coefficient (Wildman–Crippen LogP) is 0.901. The molecule has 0 aliphatic heterocycles.